The molecular weight excluding hydrogens is 280 g/mol. The number of aliphatic imine (C=N–C) groups is 1. The maximum absolute atomic E-state index is 4.97. The normalized spacial score (nSPS) is 26.8. The molecule has 3 rings (SSSR count). The van der Waals surface area contributed by atoms with E-state index in [1.54, 1.807) is 0 Å². The highest BCUT2D eigenvalue weighted by Crippen LogP contribution is 2.37. The number of rotatable bonds is 5. The number of hydrogen-bond donors (Lipinski definition) is 2. The largest absolute Gasteiger partial charge is 0.357 e. The van der Waals surface area contributed by atoms with Gasteiger partial charge in [-0.15, -0.1) is 0 Å². The minimum Gasteiger partial charge on any atom is -0.357 e. The fourth-order valence-electron chi connectivity index (χ4n) is 3.61. The molecule has 1 saturated heterocycles. The topological polar surface area (TPSA) is 39.7 Å². The van der Waals surface area contributed by atoms with Gasteiger partial charge in [0.1, 0.15) is 0 Å². The molecular formula is C16H30N4S. The molecule has 0 radical (unpaired) electrons. The van der Waals surface area contributed by atoms with Crippen molar-refractivity contribution in [1.29, 1.82) is 0 Å². The Balaban J connectivity index is 1.65. The molecule has 0 amide bonds. The maximum atomic E-state index is 4.97. The van der Waals surface area contributed by atoms with E-state index in [2.05, 4.69) is 34.2 Å². The van der Waals surface area contributed by atoms with Gasteiger partial charge in [0.15, 0.2) is 5.96 Å². The molecule has 0 aromatic heterocycles. The first-order valence-electron chi connectivity index (χ1n) is 8.70. The third-order valence-corrected chi connectivity index (χ3v) is 5.95. The average Bonchev–Trinajstić information content (AvgIpc) is 3.21. The first-order valence-corrected chi connectivity index (χ1v) is 9.85. The van der Waals surface area contributed by atoms with Gasteiger partial charge < -0.3 is 10.6 Å². The lowest BCUT2D eigenvalue weighted by atomic mass is 9.95. The van der Waals surface area contributed by atoms with Crippen LogP contribution in [0.1, 0.15) is 45.4 Å². The third kappa shape index (κ3) is 4.07. The van der Waals surface area contributed by atoms with Gasteiger partial charge in [0.05, 0.1) is 6.54 Å². The van der Waals surface area contributed by atoms with E-state index in [0.29, 0.717) is 11.6 Å². The summed E-state index contributed by atoms with van der Waals surface area (Å²) in [6.07, 6.45) is 8.04. The zero-order valence-electron chi connectivity index (χ0n) is 13.4. The van der Waals surface area contributed by atoms with E-state index >= 15 is 0 Å². The summed E-state index contributed by atoms with van der Waals surface area (Å²) in [6, 6.07) is 0.675. The molecule has 2 N–H and O–H groups in total. The number of thioether (sulfide) groups is 1. The van der Waals surface area contributed by atoms with E-state index in [0.717, 1.165) is 19.0 Å². The molecule has 1 heterocycles. The Labute approximate surface area is 133 Å². The van der Waals surface area contributed by atoms with Crippen molar-refractivity contribution in [2.75, 3.05) is 37.7 Å². The number of hydrogen-bond acceptors (Lipinski definition) is 3. The minimum atomic E-state index is 0.354. The van der Waals surface area contributed by atoms with E-state index in [4.69, 9.17) is 4.99 Å². The van der Waals surface area contributed by atoms with Gasteiger partial charge in [-0.3, -0.25) is 9.89 Å². The first-order chi connectivity index (χ1) is 10.3. The molecule has 2 aliphatic carbocycles. The molecule has 0 atom stereocenters. The quantitative estimate of drug-likeness (QED) is 0.602. The Morgan fingerprint density at radius 1 is 1.24 bits per heavy atom. The van der Waals surface area contributed by atoms with E-state index in [9.17, 15) is 0 Å². The molecule has 0 aromatic rings. The minimum absolute atomic E-state index is 0.354. The van der Waals surface area contributed by atoms with Gasteiger partial charge in [-0.2, -0.15) is 11.8 Å². The third-order valence-electron chi connectivity index (χ3n) is 5.01. The molecule has 4 nitrogen and oxygen atoms in total. The highest BCUT2D eigenvalue weighted by Gasteiger charge is 2.40. The summed E-state index contributed by atoms with van der Waals surface area (Å²) in [7, 11) is 0. The van der Waals surface area contributed by atoms with Crippen LogP contribution in [0.15, 0.2) is 4.99 Å². The van der Waals surface area contributed by atoms with Gasteiger partial charge in [0.25, 0.3) is 0 Å². The molecule has 0 bridgehead atoms. The van der Waals surface area contributed by atoms with Crippen LogP contribution in [0, 0.1) is 0 Å². The van der Waals surface area contributed by atoms with Crippen LogP contribution in [-0.4, -0.2) is 60.1 Å². The number of nitrogens with zero attached hydrogens (tertiary/aromatic N) is 2. The second-order valence-electron chi connectivity index (χ2n) is 6.64. The Kier molecular flexibility index (Phi) is 5.33. The SMILES string of the molecule is CCNC(=NCC1(N2CCSCC2)CCCC1)NC1CC1. The van der Waals surface area contributed by atoms with Crippen molar-refractivity contribution < 1.29 is 0 Å². The van der Waals surface area contributed by atoms with Gasteiger partial charge in [-0.05, 0) is 32.6 Å². The predicted molar refractivity (Wildman–Crippen MR) is 92.2 cm³/mol. The number of nitrogens with one attached hydrogen (secondary N) is 2. The van der Waals surface area contributed by atoms with Gasteiger partial charge in [0, 0.05) is 42.7 Å². The summed E-state index contributed by atoms with van der Waals surface area (Å²) in [5, 5.41) is 6.97. The first kappa shape index (κ1) is 15.5. The summed E-state index contributed by atoms with van der Waals surface area (Å²) in [5.41, 5.74) is 0.354. The standard InChI is InChI=1S/C16H30N4S/c1-2-17-15(19-14-5-6-14)18-13-16(7-3-4-8-16)20-9-11-21-12-10-20/h14H,2-13H2,1H3,(H2,17,18,19). The summed E-state index contributed by atoms with van der Waals surface area (Å²) in [5.74, 6) is 3.63. The lowest BCUT2D eigenvalue weighted by Gasteiger charge is -2.42. The van der Waals surface area contributed by atoms with Crippen LogP contribution < -0.4 is 10.6 Å². The molecule has 3 fully saturated rings. The van der Waals surface area contributed by atoms with Crippen molar-refractivity contribution in [2.45, 2.75) is 57.0 Å². The summed E-state index contributed by atoms with van der Waals surface area (Å²) in [6.45, 7) is 6.59. The summed E-state index contributed by atoms with van der Waals surface area (Å²) in [4.78, 5) is 7.72. The monoisotopic (exact) mass is 310 g/mol. The Hall–Kier alpha value is -0.420. The van der Waals surface area contributed by atoms with Crippen molar-refractivity contribution in [2.24, 2.45) is 4.99 Å². The molecule has 21 heavy (non-hydrogen) atoms. The zero-order chi connectivity index (χ0) is 14.5. The van der Waals surface area contributed by atoms with E-state index < -0.39 is 0 Å². The van der Waals surface area contributed by atoms with Crippen LogP contribution >= 0.6 is 11.8 Å². The van der Waals surface area contributed by atoms with Crippen LogP contribution in [0.3, 0.4) is 0 Å². The van der Waals surface area contributed by atoms with E-state index in [1.165, 1.54) is 63.1 Å². The van der Waals surface area contributed by atoms with Crippen LogP contribution in [0.2, 0.25) is 0 Å². The molecule has 120 valence electrons. The Morgan fingerprint density at radius 2 is 1.95 bits per heavy atom. The van der Waals surface area contributed by atoms with Gasteiger partial charge >= 0.3 is 0 Å². The molecule has 0 unspecified atom stereocenters. The fourth-order valence-corrected chi connectivity index (χ4v) is 4.52. The maximum Gasteiger partial charge on any atom is 0.191 e. The van der Waals surface area contributed by atoms with Crippen LogP contribution in [0.5, 0.6) is 0 Å². The molecule has 1 aliphatic heterocycles. The predicted octanol–water partition coefficient (Wildman–Crippen LogP) is 2.07. The van der Waals surface area contributed by atoms with Gasteiger partial charge in [0.2, 0.25) is 0 Å². The molecule has 0 aromatic carbocycles. The summed E-state index contributed by atoms with van der Waals surface area (Å²) < 4.78 is 0. The van der Waals surface area contributed by atoms with Crippen molar-refractivity contribution in [1.82, 2.24) is 15.5 Å². The van der Waals surface area contributed by atoms with Crippen molar-refractivity contribution in [3.05, 3.63) is 0 Å². The summed E-state index contributed by atoms with van der Waals surface area (Å²) >= 11 is 2.10. The fraction of sp³-hybridized carbons (Fsp3) is 0.938. The second-order valence-corrected chi connectivity index (χ2v) is 7.87. The van der Waals surface area contributed by atoms with Crippen LogP contribution in [-0.2, 0) is 0 Å². The lowest BCUT2D eigenvalue weighted by molar-refractivity contribution is 0.112. The molecule has 5 heteroatoms. The van der Waals surface area contributed by atoms with Crippen molar-refractivity contribution in [3.8, 4) is 0 Å². The van der Waals surface area contributed by atoms with Crippen LogP contribution in [0.25, 0.3) is 0 Å². The second kappa shape index (κ2) is 7.23. The Bertz CT molecular complexity index is 355. The highest BCUT2D eigenvalue weighted by molar-refractivity contribution is 7.99. The van der Waals surface area contributed by atoms with Crippen LogP contribution in [0.4, 0.5) is 0 Å². The smallest absolute Gasteiger partial charge is 0.191 e. The molecule has 2 saturated carbocycles. The molecule has 3 aliphatic rings. The van der Waals surface area contributed by atoms with E-state index in [1.807, 2.05) is 0 Å². The zero-order valence-corrected chi connectivity index (χ0v) is 14.2. The number of guanidine groups is 1. The average molecular weight is 311 g/mol. The molecule has 0 spiro atoms. The van der Waals surface area contributed by atoms with E-state index in [-0.39, 0.29) is 0 Å². The van der Waals surface area contributed by atoms with Crippen molar-refractivity contribution in [3.63, 3.8) is 0 Å². The van der Waals surface area contributed by atoms with Crippen molar-refractivity contribution >= 4 is 17.7 Å². The lowest BCUT2D eigenvalue weighted by Crippen LogP contribution is -2.53. The van der Waals surface area contributed by atoms with Gasteiger partial charge in [-0.1, -0.05) is 12.8 Å². The highest BCUT2D eigenvalue weighted by atomic mass is 32.2. The van der Waals surface area contributed by atoms with Gasteiger partial charge in [-0.25, -0.2) is 0 Å². The Morgan fingerprint density at radius 3 is 2.57 bits per heavy atom.